The number of fused-ring (bicyclic) bond motifs is 3. The minimum atomic E-state index is 0.693. The first-order valence-corrected chi connectivity index (χ1v) is 9.05. The molecule has 0 saturated heterocycles. The minimum Gasteiger partial charge on any atom is -0.326 e. The Morgan fingerprint density at radius 2 is 1.80 bits per heavy atom. The number of hydrogen-bond donors (Lipinski definition) is 0. The molecule has 2 aliphatic rings. The molecule has 2 heterocycles. The summed E-state index contributed by atoms with van der Waals surface area (Å²) in [5, 5.41) is 8.95. The Bertz CT molecular complexity index is 974. The molecule has 1 saturated carbocycles. The molecular weight excluding hydrogens is 308 g/mol. The van der Waals surface area contributed by atoms with E-state index in [2.05, 4.69) is 33.7 Å². The lowest BCUT2D eigenvalue weighted by molar-refractivity contribution is 0.0966. The summed E-state index contributed by atoms with van der Waals surface area (Å²) in [7, 11) is 0. The van der Waals surface area contributed by atoms with Crippen LogP contribution in [0, 0.1) is 11.3 Å². The van der Waals surface area contributed by atoms with E-state index < -0.39 is 0 Å². The second kappa shape index (κ2) is 5.72. The van der Waals surface area contributed by atoms with Crippen LogP contribution in [0.15, 0.2) is 42.5 Å². The van der Waals surface area contributed by atoms with Gasteiger partial charge in [0.25, 0.3) is 0 Å². The molecule has 124 valence electrons. The molecule has 0 atom stereocenters. The van der Waals surface area contributed by atoms with Crippen LogP contribution in [-0.2, 0) is 13.1 Å². The van der Waals surface area contributed by atoms with E-state index in [1.165, 1.54) is 30.6 Å². The highest BCUT2D eigenvalue weighted by Crippen LogP contribution is 2.31. The van der Waals surface area contributed by atoms with E-state index in [1.54, 1.807) is 0 Å². The van der Waals surface area contributed by atoms with Gasteiger partial charge in [0.05, 0.1) is 29.2 Å². The average molecular weight is 328 g/mol. The van der Waals surface area contributed by atoms with Gasteiger partial charge in [-0.05, 0) is 48.2 Å². The van der Waals surface area contributed by atoms with Crippen molar-refractivity contribution in [2.75, 3.05) is 6.54 Å². The molecule has 1 aliphatic carbocycles. The van der Waals surface area contributed by atoms with E-state index >= 15 is 0 Å². The largest absolute Gasteiger partial charge is 0.326 e. The van der Waals surface area contributed by atoms with Gasteiger partial charge >= 0.3 is 0 Å². The van der Waals surface area contributed by atoms with Crippen LogP contribution < -0.4 is 0 Å². The SMILES string of the molecule is N#Cc1ccc(-c2ccc3c(c2)nc2n3CCN(C3CCC3)C2)cc1. The van der Waals surface area contributed by atoms with Crippen molar-refractivity contribution in [3.05, 3.63) is 53.9 Å². The van der Waals surface area contributed by atoms with E-state index in [0.717, 1.165) is 42.3 Å². The van der Waals surface area contributed by atoms with Crippen molar-refractivity contribution < 1.29 is 0 Å². The van der Waals surface area contributed by atoms with Gasteiger partial charge in [-0.3, -0.25) is 4.90 Å². The van der Waals surface area contributed by atoms with Crippen molar-refractivity contribution in [3.63, 3.8) is 0 Å². The lowest BCUT2D eigenvalue weighted by Gasteiger charge is -2.39. The highest BCUT2D eigenvalue weighted by atomic mass is 15.3. The van der Waals surface area contributed by atoms with Crippen molar-refractivity contribution in [3.8, 4) is 17.2 Å². The quantitative estimate of drug-likeness (QED) is 0.715. The molecule has 0 bridgehead atoms. The molecule has 1 aromatic heterocycles. The van der Waals surface area contributed by atoms with E-state index in [9.17, 15) is 0 Å². The van der Waals surface area contributed by atoms with Crippen molar-refractivity contribution in [2.45, 2.75) is 38.4 Å². The van der Waals surface area contributed by atoms with Gasteiger partial charge in [-0.2, -0.15) is 5.26 Å². The summed E-state index contributed by atoms with van der Waals surface area (Å²) in [6.07, 6.45) is 4.08. The lowest BCUT2D eigenvalue weighted by atomic mass is 9.91. The van der Waals surface area contributed by atoms with Crippen LogP contribution in [0.3, 0.4) is 0 Å². The standard InChI is InChI=1S/C21H20N4/c22-13-15-4-6-16(7-5-15)17-8-9-20-19(12-17)23-21-14-24(10-11-25(20)21)18-2-1-3-18/h4-9,12,18H,1-3,10-11,14H2. The zero-order chi connectivity index (χ0) is 16.8. The predicted octanol–water partition coefficient (Wildman–Crippen LogP) is 3.94. The molecule has 1 aliphatic heterocycles. The molecule has 0 radical (unpaired) electrons. The summed E-state index contributed by atoms with van der Waals surface area (Å²) in [5.41, 5.74) is 5.29. The van der Waals surface area contributed by atoms with Gasteiger partial charge in [0.1, 0.15) is 5.82 Å². The summed E-state index contributed by atoms with van der Waals surface area (Å²) < 4.78 is 2.38. The lowest BCUT2D eigenvalue weighted by Crippen LogP contribution is -2.44. The Balaban J connectivity index is 1.49. The van der Waals surface area contributed by atoms with Gasteiger partial charge in [0.15, 0.2) is 0 Å². The van der Waals surface area contributed by atoms with Gasteiger partial charge in [-0.15, -0.1) is 0 Å². The van der Waals surface area contributed by atoms with E-state index in [4.69, 9.17) is 10.2 Å². The van der Waals surface area contributed by atoms with Crippen LogP contribution in [0.25, 0.3) is 22.2 Å². The Labute approximate surface area is 147 Å². The average Bonchev–Trinajstić information content (AvgIpc) is 2.97. The molecule has 0 spiro atoms. The molecule has 5 rings (SSSR count). The topological polar surface area (TPSA) is 44.9 Å². The molecule has 0 amide bonds. The van der Waals surface area contributed by atoms with Gasteiger partial charge in [-0.25, -0.2) is 4.98 Å². The molecular formula is C21H20N4. The number of imidazole rings is 1. The normalized spacial score (nSPS) is 17.9. The Kier molecular flexibility index (Phi) is 3.36. The Morgan fingerprint density at radius 3 is 2.52 bits per heavy atom. The van der Waals surface area contributed by atoms with Gasteiger partial charge in [0.2, 0.25) is 0 Å². The second-order valence-electron chi connectivity index (χ2n) is 7.13. The first-order chi connectivity index (χ1) is 12.3. The van der Waals surface area contributed by atoms with E-state index in [-0.39, 0.29) is 0 Å². The first kappa shape index (κ1) is 14.7. The number of hydrogen-bond acceptors (Lipinski definition) is 3. The third kappa shape index (κ3) is 2.43. The van der Waals surface area contributed by atoms with Crippen LogP contribution >= 0.6 is 0 Å². The van der Waals surface area contributed by atoms with Crippen LogP contribution in [-0.4, -0.2) is 27.0 Å². The predicted molar refractivity (Wildman–Crippen MR) is 97.9 cm³/mol. The number of nitrogens with zero attached hydrogens (tertiary/aromatic N) is 4. The van der Waals surface area contributed by atoms with E-state index in [1.807, 2.05) is 24.3 Å². The van der Waals surface area contributed by atoms with Gasteiger partial charge < -0.3 is 4.57 Å². The number of aromatic nitrogens is 2. The molecule has 3 aromatic rings. The summed E-state index contributed by atoms with van der Waals surface area (Å²) in [6, 6.07) is 17.2. The van der Waals surface area contributed by atoms with Crippen molar-refractivity contribution in [1.82, 2.24) is 14.5 Å². The maximum atomic E-state index is 8.95. The van der Waals surface area contributed by atoms with Gasteiger partial charge in [0, 0.05) is 19.1 Å². The molecule has 4 heteroatoms. The third-order valence-corrected chi connectivity index (χ3v) is 5.72. The number of rotatable bonds is 2. The highest BCUT2D eigenvalue weighted by molar-refractivity contribution is 5.82. The smallest absolute Gasteiger partial charge is 0.124 e. The van der Waals surface area contributed by atoms with Gasteiger partial charge in [-0.1, -0.05) is 24.6 Å². The Hall–Kier alpha value is -2.64. The zero-order valence-electron chi connectivity index (χ0n) is 14.2. The van der Waals surface area contributed by atoms with Crippen LogP contribution in [0.2, 0.25) is 0 Å². The monoisotopic (exact) mass is 328 g/mol. The minimum absolute atomic E-state index is 0.693. The molecule has 25 heavy (non-hydrogen) atoms. The van der Waals surface area contributed by atoms with Crippen molar-refractivity contribution in [2.24, 2.45) is 0 Å². The molecule has 0 unspecified atom stereocenters. The maximum absolute atomic E-state index is 8.95. The first-order valence-electron chi connectivity index (χ1n) is 9.05. The summed E-state index contributed by atoms with van der Waals surface area (Å²) in [5.74, 6) is 1.20. The summed E-state index contributed by atoms with van der Waals surface area (Å²) >= 11 is 0. The van der Waals surface area contributed by atoms with Crippen molar-refractivity contribution in [1.29, 1.82) is 5.26 Å². The highest BCUT2D eigenvalue weighted by Gasteiger charge is 2.29. The van der Waals surface area contributed by atoms with Crippen LogP contribution in [0.1, 0.15) is 30.7 Å². The molecule has 4 nitrogen and oxygen atoms in total. The molecule has 2 aromatic carbocycles. The number of benzene rings is 2. The summed E-state index contributed by atoms with van der Waals surface area (Å²) in [6.45, 7) is 3.16. The fourth-order valence-electron chi connectivity index (χ4n) is 4.02. The van der Waals surface area contributed by atoms with Crippen molar-refractivity contribution >= 4 is 11.0 Å². The van der Waals surface area contributed by atoms with Crippen LogP contribution in [0.5, 0.6) is 0 Å². The maximum Gasteiger partial charge on any atom is 0.124 e. The van der Waals surface area contributed by atoms with Crippen LogP contribution in [0.4, 0.5) is 0 Å². The Morgan fingerprint density at radius 1 is 1.00 bits per heavy atom. The number of nitriles is 1. The summed E-state index contributed by atoms with van der Waals surface area (Å²) in [4.78, 5) is 7.54. The molecule has 1 fully saturated rings. The molecule has 0 N–H and O–H groups in total. The third-order valence-electron chi connectivity index (χ3n) is 5.72. The fraction of sp³-hybridized carbons (Fsp3) is 0.333. The van der Waals surface area contributed by atoms with E-state index in [0.29, 0.717) is 5.56 Å². The zero-order valence-corrected chi connectivity index (χ0v) is 14.2. The second-order valence-corrected chi connectivity index (χ2v) is 7.13. The fourth-order valence-corrected chi connectivity index (χ4v) is 4.02.